The predicted octanol–water partition coefficient (Wildman–Crippen LogP) is 4.54. The van der Waals surface area contributed by atoms with E-state index >= 15 is 0 Å². The van der Waals surface area contributed by atoms with Gasteiger partial charge in [-0.25, -0.2) is 0 Å². The number of nitrogens with zero attached hydrogens (tertiary/aromatic N) is 4. The van der Waals surface area contributed by atoms with Crippen LogP contribution < -0.4 is 5.32 Å². The van der Waals surface area contributed by atoms with Crippen LogP contribution in [0.3, 0.4) is 0 Å². The first-order chi connectivity index (χ1) is 12.6. The Morgan fingerprint density at radius 3 is 2.44 bits per heavy atom. The highest BCUT2D eigenvalue weighted by Crippen LogP contribution is 2.15. The number of halogens is 1. The summed E-state index contributed by atoms with van der Waals surface area (Å²) in [4.78, 5) is 7.33. The van der Waals surface area contributed by atoms with Crippen molar-refractivity contribution in [2.24, 2.45) is 12.0 Å². The molecule has 1 N–H and O–H groups in total. The molecule has 2 heterocycles. The van der Waals surface area contributed by atoms with Gasteiger partial charge < -0.3 is 10.2 Å². The summed E-state index contributed by atoms with van der Waals surface area (Å²) in [5.41, 5.74) is 4.90. The number of piperidine rings is 1. The van der Waals surface area contributed by atoms with Gasteiger partial charge in [0, 0.05) is 38.1 Å². The number of para-hydroxylation sites is 1. The molecular formula is C21H32IN5. The largest absolute Gasteiger partial charge is 0.343 e. The van der Waals surface area contributed by atoms with Gasteiger partial charge in [-0.2, -0.15) is 5.10 Å². The molecule has 0 bridgehead atoms. The fourth-order valence-electron chi connectivity index (χ4n) is 3.59. The summed E-state index contributed by atoms with van der Waals surface area (Å²) in [5.74, 6) is 1.02. The van der Waals surface area contributed by atoms with Crippen LogP contribution in [0.1, 0.15) is 42.6 Å². The Morgan fingerprint density at radius 2 is 1.81 bits per heavy atom. The molecule has 27 heavy (non-hydrogen) atoms. The Labute approximate surface area is 180 Å². The molecule has 1 aromatic heterocycles. The smallest absolute Gasteiger partial charge is 0.198 e. The molecule has 0 saturated carbocycles. The zero-order valence-corrected chi connectivity index (χ0v) is 19.1. The topological polar surface area (TPSA) is 45.5 Å². The van der Waals surface area contributed by atoms with E-state index in [0.717, 1.165) is 49.8 Å². The molecule has 0 atom stereocenters. The number of likely N-dealkylation sites (tertiary alicyclic amines) is 1. The molecule has 5 nitrogen and oxygen atoms in total. The van der Waals surface area contributed by atoms with E-state index < -0.39 is 0 Å². The Hall–Kier alpha value is -1.57. The lowest BCUT2D eigenvalue weighted by Crippen LogP contribution is -2.40. The molecule has 1 aliphatic rings. The van der Waals surface area contributed by atoms with Gasteiger partial charge in [0.15, 0.2) is 5.96 Å². The van der Waals surface area contributed by atoms with Crippen molar-refractivity contribution in [3.8, 4) is 0 Å². The van der Waals surface area contributed by atoms with E-state index in [0.29, 0.717) is 0 Å². The van der Waals surface area contributed by atoms with Gasteiger partial charge in [0.2, 0.25) is 0 Å². The summed E-state index contributed by atoms with van der Waals surface area (Å²) >= 11 is 0. The highest BCUT2D eigenvalue weighted by molar-refractivity contribution is 14.0. The molecule has 0 spiro atoms. The quantitative estimate of drug-likeness (QED) is 0.295. The predicted molar refractivity (Wildman–Crippen MR) is 124 cm³/mol. The number of aliphatic imine (C=N–C) groups is 1. The number of aryl methyl sites for hydroxylation is 2. The van der Waals surface area contributed by atoms with E-state index in [1.165, 1.54) is 30.5 Å². The van der Waals surface area contributed by atoms with Crippen molar-refractivity contribution in [1.82, 2.24) is 14.7 Å². The number of rotatable bonds is 5. The standard InChI is InChI=1S/C21H31N5.HI/c1-17-20(18(2)25(3)24-17)13-10-14-22-21(26-15-8-5-9-16-26)23-19-11-6-4-7-12-19;/h4,6-7,11-12H,5,8-10,13-16H2,1-3H3,(H,22,23);1H. The van der Waals surface area contributed by atoms with E-state index in [1.54, 1.807) is 0 Å². The SMILES string of the molecule is Cc1nn(C)c(C)c1CCCN=C(Nc1ccccc1)N1CCCCC1.I. The molecule has 2 aromatic rings. The van der Waals surface area contributed by atoms with Crippen molar-refractivity contribution in [2.75, 3.05) is 25.0 Å². The van der Waals surface area contributed by atoms with E-state index in [2.05, 4.69) is 53.4 Å². The monoisotopic (exact) mass is 481 g/mol. The summed E-state index contributed by atoms with van der Waals surface area (Å²) in [6.07, 6.45) is 5.91. The number of anilines is 1. The Kier molecular flexibility index (Phi) is 8.60. The Balaban J connectivity index is 0.00000261. The first-order valence-electron chi connectivity index (χ1n) is 9.75. The Morgan fingerprint density at radius 1 is 1.11 bits per heavy atom. The van der Waals surface area contributed by atoms with Crippen LogP contribution in [0.5, 0.6) is 0 Å². The number of benzene rings is 1. The van der Waals surface area contributed by atoms with Gasteiger partial charge in [-0.1, -0.05) is 18.2 Å². The van der Waals surface area contributed by atoms with Crippen LogP contribution in [0.4, 0.5) is 5.69 Å². The number of aromatic nitrogens is 2. The maximum absolute atomic E-state index is 4.93. The second-order valence-electron chi connectivity index (χ2n) is 7.12. The van der Waals surface area contributed by atoms with Crippen molar-refractivity contribution in [3.05, 3.63) is 47.3 Å². The zero-order chi connectivity index (χ0) is 18.4. The first-order valence-corrected chi connectivity index (χ1v) is 9.75. The van der Waals surface area contributed by atoms with E-state index in [-0.39, 0.29) is 24.0 Å². The fraction of sp³-hybridized carbons (Fsp3) is 0.524. The lowest BCUT2D eigenvalue weighted by molar-refractivity contribution is 0.340. The van der Waals surface area contributed by atoms with Crippen LogP contribution >= 0.6 is 24.0 Å². The average Bonchev–Trinajstić information content (AvgIpc) is 2.91. The van der Waals surface area contributed by atoms with Gasteiger partial charge in [0.1, 0.15) is 0 Å². The van der Waals surface area contributed by atoms with Crippen molar-refractivity contribution >= 4 is 35.6 Å². The maximum Gasteiger partial charge on any atom is 0.198 e. The van der Waals surface area contributed by atoms with Crippen molar-refractivity contribution < 1.29 is 0 Å². The normalized spacial score (nSPS) is 14.8. The highest BCUT2D eigenvalue weighted by Gasteiger charge is 2.15. The molecule has 3 rings (SSSR count). The molecule has 1 aliphatic heterocycles. The second kappa shape index (κ2) is 10.7. The Bertz CT molecular complexity index is 733. The molecule has 0 radical (unpaired) electrons. The van der Waals surface area contributed by atoms with Crippen LogP contribution in [0.25, 0.3) is 0 Å². The minimum Gasteiger partial charge on any atom is -0.343 e. The molecule has 148 valence electrons. The number of hydrogen-bond donors (Lipinski definition) is 1. The highest BCUT2D eigenvalue weighted by atomic mass is 127. The summed E-state index contributed by atoms with van der Waals surface area (Å²) < 4.78 is 1.98. The molecule has 0 unspecified atom stereocenters. The van der Waals surface area contributed by atoms with Gasteiger partial charge in [-0.15, -0.1) is 24.0 Å². The van der Waals surface area contributed by atoms with Gasteiger partial charge in [0.25, 0.3) is 0 Å². The fourth-order valence-corrected chi connectivity index (χ4v) is 3.59. The lowest BCUT2D eigenvalue weighted by Gasteiger charge is -2.30. The summed E-state index contributed by atoms with van der Waals surface area (Å²) in [6.45, 7) is 7.27. The van der Waals surface area contributed by atoms with Crippen LogP contribution in [0.2, 0.25) is 0 Å². The van der Waals surface area contributed by atoms with Gasteiger partial charge in [-0.3, -0.25) is 9.67 Å². The van der Waals surface area contributed by atoms with Gasteiger partial charge in [0.05, 0.1) is 5.69 Å². The molecule has 0 amide bonds. The van der Waals surface area contributed by atoms with Crippen LogP contribution in [-0.2, 0) is 13.5 Å². The molecule has 1 fully saturated rings. The summed E-state index contributed by atoms with van der Waals surface area (Å²) in [5, 5.41) is 8.05. The van der Waals surface area contributed by atoms with Crippen molar-refractivity contribution in [3.63, 3.8) is 0 Å². The third-order valence-corrected chi connectivity index (χ3v) is 5.19. The van der Waals surface area contributed by atoms with Crippen molar-refractivity contribution in [1.29, 1.82) is 0 Å². The van der Waals surface area contributed by atoms with Gasteiger partial charge >= 0.3 is 0 Å². The third-order valence-electron chi connectivity index (χ3n) is 5.19. The van der Waals surface area contributed by atoms with Crippen LogP contribution in [0, 0.1) is 13.8 Å². The lowest BCUT2D eigenvalue weighted by atomic mass is 10.1. The third kappa shape index (κ3) is 5.96. The van der Waals surface area contributed by atoms with Gasteiger partial charge in [-0.05, 0) is 63.6 Å². The second-order valence-corrected chi connectivity index (χ2v) is 7.12. The van der Waals surface area contributed by atoms with Crippen LogP contribution in [0.15, 0.2) is 35.3 Å². The number of guanidine groups is 1. The first kappa shape index (κ1) is 21.7. The zero-order valence-electron chi connectivity index (χ0n) is 16.7. The summed E-state index contributed by atoms with van der Waals surface area (Å²) in [6, 6.07) is 10.4. The van der Waals surface area contributed by atoms with E-state index in [9.17, 15) is 0 Å². The molecule has 6 heteroatoms. The number of nitrogens with one attached hydrogen (secondary N) is 1. The number of hydrogen-bond acceptors (Lipinski definition) is 2. The molecule has 1 saturated heterocycles. The minimum absolute atomic E-state index is 0. The van der Waals surface area contributed by atoms with Crippen LogP contribution in [-0.4, -0.2) is 40.3 Å². The molecule has 1 aromatic carbocycles. The van der Waals surface area contributed by atoms with E-state index in [1.807, 2.05) is 17.8 Å². The molecule has 0 aliphatic carbocycles. The minimum atomic E-state index is 0. The maximum atomic E-state index is 4.93. The van der Waals surface area contributed by atoms with Crippen molar-refractivity contribution in [2.45, 2.75) is 46.0 Å². The van der Waals surface area contributed by atoms with E-state index in [4.69, 9.17) is 4.99 Å². The average molecular weight is 481 g/mol. The summed E-state index contributed by atoms with van der Waals surface area (Å²) in [7, 11) is 2.02. The molecular weight excluding hydrogens is 449 g/mol.